The van der Waals surface area contributed by atoms with E-state index in [0.717, 1.165) is 30.3 Å². The maximum Gasteiger partial charge on any atom is 0.248 e. The summed E-state index contributed by atoms with van der Waals surface area (Å²) in [6, 6.07) is 7.55. The van der Waals surface area contributed by atoms with Crippen LogP contribution in [0.4, 0.5) is 0 Å². The van der Waals surface area contributed by atoms with Gasteiger partial charge in [0.05, 0.1) is 5.52 Å². The SMILES string of the molecule is C=CCCCCCCCCC(=O)n1nnc2ccccc21. The van der Waals surface area contributed by atoms with Gasteiger partial charge in [-0.15, -0.1) is 11.7 Å². The van der Waals surface area contributed by atoms with Gasteiger partial charge in [-0.2, -0.15) is 4.68 Å². The molecule has 1 aromatic carbocycles. The van der Waals surface area contributed by atoms with E-state index in [1.165, 1.54) is 30.4 Å². The number of carbonyl (C=O) groups excluding carboxylic acids is 1. The van der Waals surface area contributed by atoms with Crippen molar-refractivity contribution in [3.05, 3.63) is 36.9 Å². The van der Waals surface area contributed by atoms with Gasteiger partial charge >= 0.3 is 0 Å². The van der Waals surface area contributed by atoms with E-state index in [1.54, 1.807) is 0 Å². The lowest BCUT2D eigenvalue weighted by Crippen LogP contribution is -2.12. The molecule has 0 bridgehead atoms. The smallest absolute Gasteiger partial charge is 0.248 e. The first-order valence-electron chi connectivity index (χ1n) is 7.77. The number of nitrogens with zero attached hydrogens (tertiary/aromatic N) is 3. The van der Waals surface area contributed by atoms with Crippen molar-refractivity contribution in [1.29, 1.82) is 0 Å². The number of carbonyl (C=O) groups is 1. The number of para-hydroxylation sites is 1. The second-order valence-corrected chi connectivity index (χ2v) is 5.33. The Morgan fingerprint density at radius 3 is 2.62 bits per heavy atom. The summed E-state index contributed by atoms with van der Waals surface area (Å²) < 4.78 is 1.43. The summed E-state index contributed by atoms with van der Waals surface area (Å²) in [5, 5.41) is 7.96. The van der Waals surface area contributed by atoms with Gasteiger partial charge in [0.2, 0.25) is 5.91 Å². The van der Waals surface area contributed by atoms with Gasteiger partial charge in [0.25, 0.3) is 0 Å². The molecule has 21 heavy (non-hydrogen) atoms. The zero-order valence-electron chi connectivity index (χ0n) is 12.5. The summed E-state index contributed by atoms with van der Waals surface area (Å²) in [5.41, 5.74) is 1.57. The number of allylic oxidation sites excluding steroid dienone is 1. The molecular formula is C17H23N3O. The van der Waals surface area contributed by atoms with Crippen molar-refractivity contribution in [1.82, 2.24) is 15.0 Å². The molecule has 0 saturated carbocycles. The molecule has 4 heteroatoms. The van der Waals surface area contributed by atoms with Gasteiger partial charge < -0.3 is 0 Å². The molecule has 0 fully saturated rings. The van der Waals surface area contributed by atoms with E-state index in [1.807, 2.05) is 30.3 Å². The molecule has 0 N–H and O–H groups in total. The van der Waals surface area contributed by atoms with Gasteiger partial charge in [0, 0.05) is 6.42 Å². The first-order valence-corrected chi connectivity index (χ1v) is 7.77. The maximum absolute atomic E-state index is 12.1. The van der Waals surface area contributed by atoms with Gasteiger partial charge in [0.1, 0.15) is 5.52 Å². The molecule has 1 aromatic heterocycles. The number of unbranched alkanes of at least 4 members (excludes halogenated alkanes) is 6. The van der Waals surface area contributed by atoms with Crippen LogP contribution < -0.4 is 0 Å². The highest BCUT2D eigenvalue weighted by molar-refractivity contribution is 5.88. The summed E-state index contributed by atoms with van der Waals surface area (Å²) in [4.78, 5) is 12.1. The van der Waals surface area contributed by atoms with Crippen LogP contribution in [-0.4, -0.2) is 20.9 Å². The number of benzene rings is 1. The van der Waals surface area contributed by atoms with Crippen LogP contribution in [0.1, 0.15) is 56.2 Å². The number of hydrogen-bond acceptors (Lipinski definition) is 3. The average molecular weight is 285 g/mol. The van der Waals surface area contributed by atoms with E-state index in [9.17, 15) is 4.79 Å². The molecule has 112 valence electrons. The highest BCUT2D eigenvalue weighted by Gasteiger charge is 2.10. The fourth-order valence-corrected chi connectivity index (χ4v) is 2.43. The summed E-state index contributed by atoms with van der Waals surface area (Å²) >= 11 is 0. The predicted molar refractivity (Wildman–Crippen MR) is 85.3 cm³/mol. The molecule has 0 radical (unpaired) electrons. The zero-order valence-corrected chi connectivity index (χ0v) is 12.5. The molecular weight excluding hydrogens is 262 g/mol. The van der Waals surface area contributed by atoms with Crippen LogP contribution in [0, 0.1) is 0 Å². The van der Waals surface area contributed by atoms with Gasteiger partial charge in [-0.05, 0) is 31.4 Å². The molecule has 0 saturated heterocycles. The molecule has 0 atom stereocenters. The molecule has 2 rings (SSSR count). The Balaban J connectivity index is 1.69. The van der Waals surface area contributed by atoms with Crippen molar-refractivity contribution in [3.63, 3.8) is 0 Å². The molecule has 0 unspecified atom stereocenters. The molecule has 0 aliphatic heterocycles. The van der Waals surface area contributed by atoms with Crippen molar-refractivity contribution in [2.75, 3.05) is 0 Å². The van der Waals surface area contributed by atoms with E-state index in [0.29, 0.717) is 6.42 Å². The first-order chi connectivity index (χ1) is 10.3. The van der Waals surface area contributed by atoms with Crippen LogP contribution in [0.5, 0.6) is 0 Å². The van der Waals surface area contributed by atoms with Gasteiger partial charge in [-0.25, -0.2) is 0 Å². The predicted octanol–water partition coefficient (Wildman–Crippen LogP) is 4.38. The maximum atomic E-state index is 12.1. The van der Waals surface area contributed by atoms with Crippen molar-refractivity contribution in [3.8, 4) is 0 Å². The van der Waals surface area contributed by atoms with E-state index in [2.05, 4.69) is 16.9 Å². The topological polar surface area (TPSA) is 47.8 Å². The number of hydrogen-bond donors (Lipinski definition) is 0. The Hall–Kier alpha value is -1.97. The summed E-state index contributed by atoms with van der Waals surface area (Å²) in [7, 11) is 0. The summed E-state index contributed by atoms with van der Waals surface area (Å²) in [6.07, 6.45) is 10.6. The van der Waals surface area contributed by atoms with Crippen molar-refractivity contribution in [2.24, 2.45) is 0 Å². The Morgan fingerprint density at radius 2 is 1.81 bits per heavy atom. The largest absolute Gasteiger partial charge is 0.273 e. The molecule has 0 spiro atoms. The molecule has 0 aliphatic carbocycles. The first kappa shape index (κ1) is 15.4. The normalized spacial score (nSPS) is 10.9. The molecule has 0 amide bonds. The standard InChI is InChI=1S/C17H23N3O/c1-2-3-4-5-6-7-8-9-14-17(21)20-16-13-11-10-12-15(16)18-19-20/h2,10-13H,1,3-9,14H2. The lowest BCUT2D eigenvalue weighted by molar-refractivity contribution is 0.0886. The van der Waals surface area contributed by atoms with Crippen LogP contribution in [0.25, 0.3) is 11.0 Å². The van der Waals surface area contributed by atoms with Gasteiger partial charge in [-0.3, -0.25) is 4.79 Å². The van der Waals surface area contributed by atoms with Crippen LogP contribution in [0.3, 0.4) is 0 Å². The minimum atomic E-state index is 0.0374. The highest BCUT2D eigenvalue weighted by atomic mass is 16.2. The van der Waals surface area contributed by atoms with Gasteiger partial charge in [-0.1, -0.05) is 49.1 Å². The Bertz CT molecular complexity index is 588. The second-order valence-electron chi connectivity index (χ2n) is 5.33. The highest BCUT2D eigenvalue weighted by Crippen LogP contribution is 2.13. The Labute approximate surface area is 125 Å². The van der Waals surface area contributed by atoms with Crippen LogP contribution in [-0.2, 0) is 0 Å². The lowest BCUT2D eigenvalue weighted by Gasteiger charge is -2.02. The summed E-state index contributed by atoms with van der Waals surface area (Å²) in [5.74, 6) is 0.0374. The fraction of sp³-hybridized carbons (Fsp3) is 0.471. The third-order valence-electron chi connectivity index (χ3n) is 3.64. The average Bonchev–Trinajstić information content (AvgIpc) is 2.94. The van der Waals surface area contributed by atoms with Crippen LogP contribution in [0.2, 0.25) is 0 Å². The van der Waals surface area contributed by atoms with Crippen LogP contribution in [0.15, 0.2) is 36.9 Å². The van der Waals surface area contributed by atoms with Crippen molar-refractivity contribution in [2.45, 2.75) is 51.4 Å². The zero-order chi connectivity index (χ0) is 14.9. The lowest BCUT2D eigenvalue weighted by atomic mass is 10.1. The van der Waals surface area contributed by atoms with Crippen LogP contribution >= 0.6 is 0 Å². The van der Waals surface area contributed by atoms with E-state index < -0.39 is 0 Å². The minimum absolute atomic E-state index is 0.0374. The number of aromatic nitrogens is 3. The third kappa shape index (κ3) is 4.52. The quantitative estimate of drug-likeness (QED) is 0.507. The van der Waals surface area contributed by atoms with E-state index in [-0.39, 0.29) is 5.91 Å². The number of rotatable bonds is 9. The third-order valence-corrected chi connectivity index (χ3v) is 3.64. The fourth-order valence-electron chi connectivity index (χ4n) is 2.43. The van der Waals surface area contributed by atoms with Crippen molar-refractivity contribution >= 4 is 16.9 Å². The summed E-state index contributed by atoms with van der Waals surface area (Å²) in [6.45, 7) is 3.72. The minimum Gasteiger partial charge on any atom is -0.273 e. The van der Waals surface area contributed by atoms with Gasteiger partial charge in [0.15, 0.2) is 0 Å². The Morgan fingerprint density at radius 1 is 1.10 bits per heavy atom. The molecule has 1 heterocycles. The second kappa shape index (κ2) is 8.35. The number of fused-ring (bicyclic) bond motifs is 1. The molecule has 2 aromatic rings. The molecule has 0 aliphatic rings. The molecule has 4 nitrogen and oxygen atoms in total. The van der Waals surface area contributed by atoms with E-state index in [4.69, 9.17) is 0 Å². The Kier molecular flexibility index (Phi) is 6.13. The monoisotopic (exact) mass is 285 g/mol. The van der Waals surface area contributed by atoms with Crippen molar-refractivity contribution < 1.29 is 4.79 Å². The van der Waals surface area contributed by atoms with E-state index >= 15 is 0 Å².